The van der Waals surface area contributed by atoms with Gasteiger partial charge in [0.25, 0.3) is 0 Å². The zero-order valence-corrected chi connectivity index (χ0v) is 15.2. The van der Waals surface area contributed by atoms with Gasteiger partial charge < -0.3 is 15.1 Å². The summed E-state index contributed by atoms with van der Waals surface area (Å²) in [7, 11) is 0. The molecule has 1 N–H and O–H groups in total. The lowest BCUT2D eigenvalue weighted by Crippen LogP contribution is -2.52. The first-order valence-corrected chi connectivity index (χ1v) is 9.59. The van der Waals surface area contributed by atoms with Crippen molar-refractivity contribution >= 4 is 34.9 Å². The van der Waals surface area contributed by atoms with Gasteiger partial charge in [0, 0.05) is 49.6 Å². The maximum atomic E-state index is 5.53. The number of hydrogen-bond donors (Lipinski definition) is 1. The van der Waals surface area contributed by atoms with Crippen molar-refractivity contribution in [1.29, 1.82) is 0 Å². The van der Waals surface area contributed by atoms with Crippen LogP contribution in [0.3, 0.4) is 0 Å². The summed E-state index contributed by atoms with van der Waals surface area (Å²) in [4.78, 5) is 10.3. The molecule has 1 aliphatic heterocycles. The van der Waals surface area contributed by atoms with Crippen LogP contribution in [0.25, 0.3) is 0 Å². The van der Waals surface area contributed by atoms with Crippen LogP contribution in [-0.2, 0) is 0 Å². The van der Waals surface area contributed by atoms with Crippen LogP contribution < -0.4 is 10.2 Å². The number of piperazine rings is 1. The van der Waals surface area contributed by atoms with Crippen molar-refractivity contribution in [2.24, 2.45) is 0 Å². The molecule has 24 heavy (non-hydrogen) atoms. The van der Waals surface area contributed by atoms with Gasteiger partial charge in [-0.15, -0.1) is 11.8 Å². The number of anilines is 1. The van der Waals surface area contributed by atoms with Crippen molar-refractivity contribution < 1.29 is 0 Å². The Bertz CT molecular complexity index is 628. The molecule has 0 bridgehead atoms. The quantitative estimate of drug-likeness (QED) is 0.503. The molecule has 0 aliphatic carbocycles. The first-order valence-electron chi connectivity index (χ1n) is 8.19. The Morgan fingerprint density at radius 2 is 1.79 bits per heavy atom. The fraction of sp³-hybridized carbons (Fsp3) is 0.333. The number of aromatic nitrogens is 1. The molecular weight excluding hydrogens is 336 g/mol. The zero-order chi connectivity index (χ0) is 16.6. The fourth-order valence-corrected chi connectivity index (χ4v) is 3.71. The van der Waals surface area contributed by atoms with E-state index in [1.165, 1.54) is 4.90 Å². The van der Waals surface area contributed by atoms with Crippen molar-refractivity contribution in [1.82, 2.24) is 15.2 Å². The Labute approximate surface area is 153 Å². The Hall–Kier alpha value is -1.79. The Morgan fingerprint density at radius 1 is 1.04 bits per heavy atom. The second-order valence-electron chi connectivity index (χ2n) is 5.56. The van der Waals surface area contributed by atoms with E-state index >= 15 is 0 Å². The van der Waals surface area contributed by atoms with E-state index in [-0.39, 0.29) is 0 Å². The normalized spacial score (nSPS) is 14.5. The number of hydrogen-bond acceptors (Lipinski definition) is 4. The lowest BCUT2D eigenvalue weighted by molar-refractivity contribution is 0.380. The van der Waals surface area contributed by atoms with E-state index in [4.69, 9.17) is 12.2 Å². The topological polar surface area (TPSA) is 31.4 Å². The van der Waals surface area contributed by atoms with Crippen molar-refractivity contribution in [3.05, 3.63) is 54.7 Å². The van der Waals surface area contributed by atoms with E-state index < -0.39 is 0 Å². The van der Waals surface area contributed by atoms with Gasteiger partial charge in [-0.1, -0.05) is 24.3 Å². The predicted octanol–water partition coefficient (Wildman–Crippen LogP) is 2.87. The Balaban J connectivity index is 1.36. The van der Waals surface area contributed by atoms with E-state index in [1.807, 2.05) is 36.2 Å². The minimum atomic E-state index is 0.865. The average molecular weight is 359 g/mol. The molecule has 3 rings (SSSR count). The van der Waals surface area contributed by atoms with Gasteiger partial charge >= 0.3 is 0 Å². The number of nitrogens with one attached hydrogen (secondary N) is 1. The first-order chi connectivity index (χ1) is 11.8. The Kier molecular flexibility index (Phi) is 6.32. The number of nitrogens with zero attached hydrogens (tertiary/aromatic N) is 3. The van der Waals surface area contributed by atoms with Gasteiger partial charge in [0.1, 0.15) is 5.82 Å². The maximum absolute atomic E-state index is 5.53. The summed E-state index contributed by atoms with van der Waals surface area (Å²) >= 11 is 7.38. The van der Waals surface area contributed by atoms with Crippen molar-refractivity contribution in [2.75, 3.05) is 43.4 Å². The van der Waals surface area contributed by atoms with Gasteiger partial charge in [-0.2, -0.15) is 0 Å². The first kappa shape index (κ1) is 17.0. The molecule has 6 heteroatoms. The van der Waals surface area contributed by atoms with Crippen molar-refractivity contribution in [3.63, 3.8) is 0 Å². The molecule has 1 aliphatic rings. The molecule has 0 amide bonds. The molecule has 126 valence electrons. The average Bonchev–Trinajstić information content (AvgIpc) is 2.67. The van der Waals surface area contributed by atoms with E-state index in [0.717, 1.165) is 49.4 Å². The summed E-state index contributed by atoms with van der Waals surface area (Å²) in [5, 5.41) is 4.24. The van der Waals surface area contributed by atoms with Crippen LogP contribution in [0.15, 0.2) is 59.6 Å². The highest BCUT2D eigenvalue weighted by molar-refractivity contribution is 7.99. The van der Waals surface area contributed by atoms with Gasteiger partial charge in [0.05, 0.1) is 0 Å². The molecule has 0 radical (unpaired) electrons. The summed E-state index contributed by atoms with van der Waals surface area (Å²) in [6, 6.07) is 16.5. The number of benzene rings is 1. The third kappa shape index (κ3) is 4.85. The highest BCUT2D eigenvalue weighted by atomic mass is 32.2. The molecule has 1 fully saturated rings. The van der Waals surface area contributed by atoms with Crippen LogP contribution in [0, 0.1) is 0 Å². The van der Waals surface area contributed by atoms with Crippen LogP contribution in [0.1, 0.15) is 0 Å². The summed E-state index contributed by atoms with van der Waals surface area (Å²) in [5.74, 6) is 2.06. The van der Waals surface area contributed by atoms with Gasteiger partial charge in [0.2, 0.25) is 0 Å². The monoisotopic (exact) mass is 358 g/mol. The number of pyridine rings is 1. The summed E-state index contributed by atoms with van der Waals surface area (Å²) in [6.07, 6.45) is 1.85. The number of thioether (sulfide) groups is 1. The zero-order valence-electron chi connectivity index (χ0n) is 13.6. The van der Waals surface area contributed by atoms with Crippen LogP contribution in [-0.4, -0.2) is 53.5 Å². The molecule has 2 aromatic rings. The highest BCUT2D eigenvalue weighted by Gasteiger charge is 2.19. The largest absolute Gasteiger partial charge is 0.362 e. The standard InChI is InChI=1S/C18H22N4S2/c23-18(20-10-15-24-16-6-2-1-3-7-16)22-13-11-21(12-14-22)17-8-4-5-9-19-17/h1-9H,10-15H2,(H,20,23). The van der Waals surface area contributed by atoms with E-state index in [0.29, 0.717) is 0 Å². The maximum Gasteiger partial charge on any atom is 0.169 e. The molecule has 4 nitrogen and oxygen atoms in total. The van der Waals surface area contributed by atoms with Crippen LogP contribution in [0.5, 0.6) is 0 Å². The molecule has 0 spiro atoms. The summed E-state index contributed by atoms with van der Waals surface area (Å²) < 4.78 is 0. The predicted molar refractivity (Wildman–Crippen MR) is 106 cm³/mol. The molecule has 1 aromatic heterocycles. The molecule has 1 aromatic carbocycles. The fourth-order valence-electron chi connectivity index (χ4n) is 2.63. The molecule has 0 unspecified atom stereocenters. The van der Waals surface area contributed by atoms with E-state index in [2.05, 4.69) is 50.4 Å². The van der Waals surface area contributed by atoms with E-state index in [1.54, 1.807) is 0 Å². The molecular formula is C18H22N4S2. The number of rotatable bonds is 5. The molecule has 0 saturated carbocycles. The molecule has 2 heterocycles. The van der Waals surface area contributed by atoms with Crippen LogP contribution >= 0.6 is 24.0 Å². The van der Waals surface area contributed by atoms with Crippen molar-refractivity contribution in [2.45, 2.75) is 4.90 Å². The van der Waals surface area contributed by atoms with E-state index in [9.17, 15) is 0 Å². The van der Waals surface area contributed by atoms with Gasteiger partial charge in [0.15, 0.2) is 5.11 Å². The molecule has 0 atom stereocenters. The van der Waals surface area contributed by atoms with Crippen molar-refractivity contribution in [3.8, 4) is 0 Å². The smallest absolute Gasteiger partial charge is 0.169 e. The van der Waals surface area contributed by atoms with Gasteiger partial charge in [-0.3, -0.25) is 0 Å². The second kappa shape index (κ2) is 8.89. The Morgan fingerprint density at radius 3 is 2.50 bits per heavy atom. The lowest BCUT2D eigenvalue weighted by Gasteiger charge is -2.36. The third-order valence-corrected chi connectivity index (χ3v) is 5.35. The van der Waals surface area contributed by atoms with Crippen LogP contribution in [0.2, 0.25) is 0 Å². The number of thiocarbonyl (C=S) groups is 1. The third-order valence-electron chi connectivity index (χ3n) is 3.93. The van der Waals surface area contributed by atoms with Gasteiger partial charge in [-0.05, 0) is 36.5 Å². The lowest BCUT2D eigenvalue weighted by atomic mass is 10.3. The van der Waals surface area contributed by atoms with Crippen LogP contribution in [0.4, 0.5) is 5.82 Å². The minimum absolute atomic E-state index is 0.865. The van der Waals surface area contributed by atoms with Gasteiger partial charge in [-0.25, -0.2) is 4.98 Å². The summed E-state index contributed by atoms with van der Waals surface area (Å²) in [6.45, 7) is 4.68. The molecule has 1 saturated heterocycles. The SMILES string of the molecule is S=C(NCCSc1ccccc1)N1CCN(c2ccccn2)CC1. The minimum Gasteiger partial charge on any atom is -0.362 e. The second-order valence-corrected chi connectivity index (χ2v) is 7.11. The highest BCUT2D eigenvalue weighted by Crippen LogP contribution is 2.16. The summed E-state index contributed by atoms with van der Waals surface area (Å²) in [5.41, 5.74) is 0.